The second-order valence-electron chi connectivity index (χ2n) is 6.15. The van der Waals surface area contributed by atoms with Gasteiger partial charge in [-0.05, 0) is 18.2 Å². The van der Waals surface area contributed by atoms with Gasteiger partial charge < -0.3 is 14.6 Å². The molecule has 0 unspecified atom stereocenters. The lowest BCUT2D eigenvalue weighted by Gasteiger charge is -2.08. The highest BCUT2D eigenvalue weighted by atomic mass is 16.5. The molecule has 1 aromatic carbocycles. The minimum Gasteiger partial charge on any atom is -0.454 e. The van der Waals surface area contributed by atoms with Gasteiger partial charge in [-0.15, -0.1) is 0 Å². The maximum absolute atomic E-state index is 12.3. The van der Waals surface area contributed by atoms with Gasteiger partial charge in [0.1, 0.15) is 6.54 Å². The molecule has 0 aliphatic carbocycles. The predicted octanol–water partition coefficient (Wildman–Crippen LogP) is -0.513. The minimum atomic E-state index is -0.763. The third-order valence-corrected chi connectivity index (χ3v) is 4.16. The first-order valence-corrected chi connectivity index (χ1v) is 8.38. The van der Waals surface area contributed by atoms with Crippen LogP contribution >= 0.6 is 0 Å². The Bertz CT molecular complexity index is 1280. The molecule has 0 aliphatic rings. The van der Waals surface area contributed by atoms with Crippen molar-refractivity contribution in [2.45, 2.75) is 6.54 Å². The van der Waals surface area contributed by atoms with Crippen LogP contribution in [-0.4, -0.2) is 37.2 Å². The zero-order valence-corrected chi connectivity index (χ0v) is 15.6. The molecule has 11 nitrogen and oxygen atoms in total. The summed E-state index contributed by atoms with van der Waals surface area (Å²) in [6.45, 7) is -0.903. The molecule has 1 amide bonds. The number of aromatic nitrogens is 4. The van der Waals surface area contributed by atoms with Crippen molar-refractivity contribution in [3.63, 3.8) is 0 Å². The van der Waals surface area contributed by atoms with Gasteiger partial charge in [-0.3, -0.25) is 23.5 Å². The number of benzene rings is 1. The number of amides is 1. The van der Waals surface area contributed by atoms with Crippen LogP contribution in [0.15, 0.2) is 40.2 Å². The van der Waals surface area contributed by atoms with E-state index in [0.717, 1.165) is 4.57 Å². The molecule has 0 aliphatic heterocycles. The second-order valence-corrected chi connectivity index (χ2v) is 6.15. The third kappa shape index (κ3) is 3.91. The summed E-state index contributed by atoms with van der Waals surface area (Å²) in [5.41, 5.74) is -0.140. The zero-order valence-electron chi connectivity index (χ0n) is 15.6. The van der Waals surface area contributed by atoms with Crippen LogP contribution in [0.2, 0.25) is 0 Å². The zero-order chi connectivity index (χ0) is 21.1. The Morgan fingerprint density at radius 2 is 2.00 bits per heavy atom. The fourth-order valence-corrected chi connectivity index (χ4v) is 2.71. The van der Waals surface area contributed by atoms with E-state index in [2.05, 4.69) is 10.3 Å². The quantitative estimate of drug-likeness (QED) is 0.572. The molecule has 2 aromatic heterocycles. The first-order chi connectivity index (χ1) is 13.8. The second kappa shape index (κ2) is 7.81. The molecule has 29 heavy (non-hydrogen) atoms. The van der Waals surface area contributed by atoms with E-state index in [9.17, 15) is 19.2 Å². The van der Waals surface area contributed by atoms with Crippen molar-refractivity contribution in [2.24, 2.45) is 14.1 Å². The summed E-state index contributed by atoms with van der Waals surface area (Å²) in [7, 11) is 2.79. The molecule has 0 saturated heterocycles. The predicted molar refractivity (Wildman–Crippen MR) is 101 cm³/mol. The van der Waals surface area contributed by atoms with Crippen molar-refractivity contribution in [2.75, 3.05) is 11.9 Å². The number of anilines is 1. The molecule has 11 heteroatoms. The number of fused-ring (bicyclic) bond motifs is 1. The number of hydrogen-bond acceptors (Lipinski definition) is 7. The highest BCUT2D eigenvalue weighted by Crippen LogP contribution is 2.09. The Hall–Kier alpha value is -4.20. The molecule has 0 fully saturated rings. The van der Waals surface area contributed by atoms with E-state index in [1.54, 1.807) is 18.2 Å². The SMILES string of the molecule is Cn1c(=O)c2c(ncn2CC(=O)OCC(=O)Nc2cccc(C#N)c2)n(C)c1=O. The van der Waals surface area contributed by atoms with Crippen molar-refractivity contribution in [1.29, 1.82) is 5.26 Å². The highest BCUT2D eigenvalue weighted by molar-refractivity contribution is 5.93. The Balaban J connectivity index is 1.67. The number of nitriles is 1. The van der Waals surface area contributed by atoms with Crippen LogP contribution in [0.5, 0.6) is 0 Å². The topological polar surface area (TPSA) is 141 Å². The molecule has 0 bridgehead atoms. The monoisotopic (exact) mass is 396 g/mol. The molecule has 0 radical (unpaired) electrons. The van der Waals surface area contributed by atoms with Gasteiger partial charge in [0.05, 0.1) is 18.0 Å². The van der Waals surface area contributed by atoms with Crippen molar-refractivity contribution in [3.8, 4) is 6.07 Å². The van der Waals surface area contributed by atoms with Gasteiger partial charge in [-0.1, -0.05) is 6.07 Å². The Morgan fingerprint density at radius 1 is 1.24 bits per heavy atom. The average Bonchev–Trinajstić information content (AvgIpc) is 3.13. The Labute approximate surface area is 163 Å². The molecule has 148 valence electrons. The van der Waals surface area contributed by atoms with E-state index < -0.39 is 29.7 Å². The number of nitrogens with zero attached hydrogens (tertiary/aromatic N) is 5. The van der Waals surface area contributed by atoms with Crippen LogP contribution in [-0.2, 0) is 35.0 Å². The normalized spacial score (nSPS) is 10.5. The fraction of sp³-hybridized carbons (Fsp3) is 0.222. The van der Waals surface area contributed by atoms with E-state index in [1.165, 1.54) is 35.6 Å². The van der Waals surface area contributed by atoms with E-state index in [1.807, 2.05) is 6.07 Å². The van der Waals surface area contributed by atoms with Crippen molar-refractivity contribution in [1.82, 2.24) is 18.7 Å². The maximum atomic E-state index is 12.3. The van der Waals surface area contributed by atoms with Gasteiger partial charge in [0, 0.05) is 19.8 Å². The van der Waals surface area contributed by atoms with Gasteiger partial charge >= 0.3 is 11.7 Å². The van der Waals surface area contributed by atoms with Gasteiger partial charge in [0.25, 0.3) is 11.5 Å². The largest absolute Gasteiger partial charge is 0.454 e. The molecule has 3 rings (SSSR count). The summed E-state index contributed by atoms with van der Waals surface area (Å²) in [4.78, 5) is 52.3. The fourth-order valence-electron chi connectivity index (χ4n) is 2.71. The Kier molecular flexibility index (Phi) is 5.27. The lowest BCUT2D eigenvalue weighted by atomic mass is 10.2. The summed E-state index contributed by atoms with van der Waals surface area (Å²) in [6.07, 6.45) is 1.25. The molecule has 0 saturated carbocycles. The van der Waals surface area contributed by atoms with Gasteiger partial charge in [-0.2, -0.15) is 5.26 Å². The molecule has 3 aromatic rings. The van der Waals surface area contributed by atoms with Crippen LogP contribution in [0.25, 0.3) is 11.2 Å². The summed E-state index contributed by atoms with van der Waals surface area (Å²) >= 11 is 0. The first kappa shape index (κ1) is 19.6. The average molecular weight is 396 g/mol. The standard InChI is InChI=1S/C18H16N6O5/c1-22-16-15(17(27)23(2)18(22)28)24(10-20-16)8-14(26)29-9-13(25)21-12-5-3-4-11(6-12)7-19/h3-6,10H,8-9H2,1-2H3,(H,21,25). The minimum absolute atomic E-state index is 0.0734. The van der Waals surface area contributed by atoms with Crippen molar-refractivity contribution in [3.05, 3.63) is 57.0 Å². The van der Waals surface area contributed by atoms with E-state index in [0.29, 0.717) is 11.3 Å². The first-order valence-electron chi connectivity index (χ1n) is 8.38. The molecule has 1 N–H and O–H groups in total. The number of ether oxygens (including phenoxy) is 1. The van der Waals surface area contributed by atoms with E-state index in [-0.39, 0.29) is 17.7 Å². The summed E-state index contributed by atoms with van der Waals surface area (Å²) in [5, 5.41) is 11.4. The number of aryl methyl sites for hydroxylation is 1. The van der Waals surface area contributed by atoms with Crippen LogP contribution in [0.1, 0.15) is 5.56 Å². The summed E-state index contributed by atoms with van der Waals surface area (Å²) in [5.74, 6) is -1.34. The number of imidazole rings is 1. The molecule has 2 heterocycles. The molecule has 0 spiro atoms. The lowest BCUT2D eigenvalue weighted by molar-refractivity contribution is -0.147. The van der Waals surface area contributed by atoms with Gasteiger partial charge in [0.2, 0.25) is 0 Å². The van der Waals surface area contributed by atoms with Crippen LogP contribution in [0.4, 0.5) is 5.69 Å². The number of esters is 1. The van der Waals surface area contributed by atoms with Gasteiger partial charge in [-0.25, -0.2) is 9.78 Å². The number of carbonyl (C=O) groups is 2. The number of nitrogens with one attached hydrogen (secondary N) is 1. The van der Waals surface area contributed by atoms with Gasteiger partial charge in [0.15, 0.2) is 17.8 Å². The molecular weight excluding hydrogens is 380 g/mol. The van der Waals surface area contributed by atoms with Crippen LogP contribution in [0.3, 0.4) is 0 Å². The molecular formula is C18H16N6O5. The highest BCUT2D eigenvalue weighted by Gasteiger charge is 2.17. The third-order valence-electron chi connectivity index (χ3n) is 4.16. The van der Waals surface area contributed by atoms with Crippen molar-refractivity contribution >= 4 is 28.7 Å². The maximum Gasteiger partial charge on any atom is 0.332 e. The summed E-state index contributed by atoms with van der Waals surface area (Å²) < 4.78 is 8.30. The lowest BCUT2D eigenvalue weighted by Crippen LogP contribution is -2.37. The van der Waals surface area contributed by atoms with E-state index >= 15 is 0 Å². The van der Waals surface area contributed by atoms with E-state index in [4.69, 9.17) is 10.00 Å². The van der Waals surface area contributed by atoms with Crippen LogP contribution in [0, 0.1) is 11.3 Å². The number of carbonyl (C=O) groups excluding carboxylic acids is 2. The Morgan fingerprint density at radius 3 is 2.72 bits per heavy atom. The van der Waals surface area contributed by atoms with Crippen LogP contribution < -0.4 is 16.6 Å². The number of rotatable bonds is 5. The van der Waals surface area contributed by atoms with Crippen molar-refractivity contribution < 1.29 is 14.3 Å². The summed E-state index contributed by atoms with van der Waals surface area (Å²) in [6, 6.07) is 8.23. The number of hydrogen-bond donors (Lipinski definition) is 1. The smallest absolute Gasteiger partial charge is 0.332 e. The molecule has 0 atom stereocenters.